The number of nitrogens with zero attached hydrogens (tertiary/aromatic N) is 2. The minimum Gasteiger partial charge on any atom is -0.323 e. The maximum atomic E-state index is 10.6. The van der Waals surface area contributed by atoms with Gasteiger partial charge >= 0.3 is 0 Å². The number of amides is 1. The first-order valence-electron chi connectivity index (χ1n) is 3.06. The smallest absolute Gasteiger partial charge is 0.221 e. The number of halogens is 1. The Morgan fingerprint density at radius 1 is 1.82 bits per heavy atom. The third kappa shape index (κ3) is 1.92. The van der Waals surface area contributed by atoms with E-state index in [4.69, 9.17) is 0 Å². The molecule has 4 nitrogen and oxygen atoms in total. The normalized spacial score (nSPS) is 9.73. The summed E-state index contributed by atoms with van der Waals surface area (Å²) in [6.45, 7) is 1.48. The van der Waals surface area contributed by atoms with Gasteiger partial charge in [0.25, 0.3) is 0 Å². The summed E-state index contributed by atoms with van der Waals surface area (Å²) in [4.78, 5) is 10.6. The first kappa shape index (κ1) is 8.51. The molecule has 0 atom stereocenters. The lowest BCUT2D eigenvalue weighted by atomic mass is 10.5. The van der Waals surface area contributed by atoms with E-state index in [1.165, 1.54) is 6.92 Å². The van der Waals surface area contributed by atoms with Crippen molar-refractivity contribution in [3.05, 3.63) is 9.90 Å². The molecule has 5 heteroatoms. The van der Waals surface area contributed by atoms with E-state index in [9.17, 15) is 4.79 Å². The highest BCUT2D eigenvalue weighted by Gasteiger charge is 2.04. The first-order valence-corrected chi connectivity index (χ1v) is 4.14. The van der Waals surface area contributed by atoms with Crippen LogP contribution in [0.4, 0.5) is 5.69 Å². The molecule has 0 aliphatic rings. The largest absolute Gasteiger partial charge is 0.323 e. The summed E-state index contributed by atoms with van der Waals surface area (Å²) < 4.78 is 2.63. The fourth-order valence-electron chi connectivity index (χ4n) is 0.696. The molecule has 0 aromatic carbocycles. The van der Waals surface area contributed by atoms with Gasteiger partial charge in [0.15, 0.2) is 0 Å². The Morgan fingerprint density at radius 2 is 2.45 bits per heavy atom. The zero-order valence-electron chi connectivity index (χ0n) is 6.26. The van der Waals surface area contributed by atoms with Crippen molar-refractivity contribution in [3.63, 3.8) is 0 Å². The quantitative estimate of drug-likeness (QED) is 0.769. The Morgan fingerprint density at radius 3 is 2.82 bits per heavy atom. The molecule has 0 aliphatic carbocycles. The van der Waals surface area contributed by atoms with Crippen LogP contribution in [0.2, 0.25) is 0 Å². The molecule has 1 aromatic rings. The van der Waals surface area contributed by atoms with Crippen molar-refractivity contribution in [1.82, 2.24) is 9.78 Å². The molecule has 0 spiro atoms. The number of anilines is 1. The van der Waals surface area contributed by atoms with Gasteiger partial charge in [-0.25, -0.2) is 0 Å². The second kappa shape index (κ2) is 3.21. The van der Waals surface area contributed by atoms with Gasteiger partial charge in [-0.1, -0.05) is 0 Å². The first-order chi connectivity index (χ1) is 5.11. The van der Waals surface area contributed by atoms with Crippen molar-refractivity contribution in [2.75, 3.05) is 5.32 Å². The van der Waals surface area contributed by atoms with E-state index in [0.29, 0.717) is 0 Å². The number of aromatic nitrogens is 2. The van der Waals surface area contributed by atoms with Crippen LogP contribution in [0.25, 0.3) is 0 Å². The Hall–Kier alpha value is -0.590. The predicted octanol–water partition coefficient (Wildman–Crippen LogP) is 0.983. The van der Waals surface area contributed by atoms with Gasteiger partial charge in [-0.15, -0.1) is 0 Å². The fraction of sp³-hybridized carbons (Fsp3) is 0.333. The van der Waals surface area contributed by atoms with E-state index in [0.717, 1.165) is 9.39 Å². The van der Waals surface area contributed by atoms with E-state index in [-0.39, 0.29) is 5.91 Å². The molecule has 0 radical (unpaired) electrons. The topological polar surface area (TPSA) is 46.9 Å². The molecule has 1 aromatic heterocycles. The number of hydrogen-bond acceptors (Lipinski definition) is 2. The monoisotopic (exact) mass is 265 g/mol. The lowest BCUT2D eigenvalue weighted by molar-refractivity contribution is -0.114. The van der Waals surface area contributed by atoms with E-state index >= 15 is 0 Å². The van der Waals surface area contributed by atoms with Crippen molar-refractivity contribution < 1.29 is 4.79 Å². The molecule has 1 N–H and O–H groups in total. The lowest BCUT2D eigenvalue weighted by Crippen LogP contribution is -2.06. The van der Waals surface area contributed by atoms with Crippen LogP contribution in [0.15, 0.2) is 6.20 Å². The molecule has 1 heterocycles. The number of carbonyl (C=O) groups excluding carboxylic acids is 1. The van der Waals surface area contributed by atoms with Crippen LogP contribution in [0.1, 0.15) is 6.92 Å². The highest BCUT2D eigenvalue weighted by Crippen LogP contribution is 2.15. The second-order valence-corrected chi connectivity index (χ2v) is 3.18. The lowest BCUT2D eigenvalue weighted by Gasteiger charge is -1.97. The van der Waals surface area contributed by atoms with Gasteiger partial charge in [0, 0.05) is 14.0 Å². The van der Waals surface area contributed by atoms with Gasteiger partial charge in [-0.05, 0) is 22.6 Å². The Balaban J connectivity index is 2.87. The standard InChI is InChI=1S/C6H8IN3O/c1-4(11)9-5-3-8-10(2)6(5)7/h3H,1-2H3,(H,9,11). The average molecular weight is 265 g/mol. The third-order valence-corrected chi connectivity index (χ3v) is 2.46. The highest BCUT2D eigenvalue weighted by atomic mass is 127. The molecule has 11 heavy (non-hydrogen) atoms. The second-order valence-electron chi connectivity index (χ2n) is 2.15. The van der Waals surface area contributed by atoms with Crippen LogP contribution in [0.5, 0.6) is 0 Å². The Bertz CT molecular complexity index is 281. The van der Waals surface area contributed by atoms with Crippen LogP contribution < -0.4 is 5.32 Å². The average Bonchev–Trinajstić information content (AvgIpc) is 2.18. The zero-order chi connectivity index (χ0) is 8.43. The number of aryl methyl sites for hydroxylation is 1. The third-order valence-electron chi connectivity index (χ3n) is 1.18. The van der Waals surface area contributed by atoms with Crippen molar-refractivity contribution in [1.29, 1.82) is 0 Å². The van der Waals surface area contributed by atoms with E-state index in [2.05, 4.69) is 33.0 Å². The maximum absolute atomic E-state index is 10.6. The van der Waals surface area contributed by atoms with Gasteiger partial charge in [0.05, 0.1) is 11.9 Å². The molecule has 1 amide bonds. The zero-order valence-corrected chi connectivity index (χ0v) is 8.42. The van der Waals surface area contributed by atoms with Gasteiger partial charge in [-0.2, -0.15) is 5.10 Å². The summed E-state index contributed by atoms with van der Waals surface area (Å²) in [7, 11) is 1.83. The molecule has 60 valence electrons. The summed E-state index contributed by atoms with van der Waals surface area (Å²) in [5, 5.41) is 6.63. The molecular weight excluding hydrogens is 257 g/mol. The van der Waals surface area contributed by atoms with Gasteiger partial charge in [0.1, 0.15) is 3.70 Å². The van der Waals surface area contributed by atoms with Crippen LogP contribution >= 0.6 is 22.6 Å². The minimum atomic E-state index is -0.0732. The predicted molar refractivity (Wildman–Crippen MR) is 50.2 cm³/mol. The Labute approximate surface area is 78.1 Å². The van der Waals surface area contributed by atoms with Gasteiger partial charge in [0.2, 0.25) is 5.91 Å². The van der Waals surface area contributed by atoms with Crippen LogP contribution in [-0.4, -0.2) is 15.7 Å². The molecule has 0 saturated carbocycles. The molecule has 0 unspecified atom stereocenters. The van der Waals surface area contributed by atoms with E-state index in [1.54, 1.807) is 10.9 Å². The number of nitrogens with one attached hydrogen (secondary N) is 1. The summed E-state index contributed by atoms with van der Waals surface area (Å²) in [5.74, 6) is -0.0732. The molecule has 0 saturated heterocycles. The minimum absolute atomic E-state index is 0.0732. The number of hydrogen-bond donors (Lipinski definition) is 1. The number of carbonyl (C=O) groups is 1. The van der Waals surface area contributed by atoms with E-state index in [1.807, 2.05) is 7.05 Å². The molecule has 0 bridgehead atoms. The SMILES string of the molecule is CC(=O)Nc1cnn(C)c1I. The maximum Gasteiger partial charge on any atom is 0.221 e. The molecule has 0 fully saturated rings. The van der Waals surface area contributed by atoms with Crippen LogP contribution in [0.3, 0.4) is 0 Å². The summed E-state index contributed by atoms with van der Waals surface area (Å²) in [6.07, 6.45) is 1.63. The number of rotatable bonds is 1. The fourth-order valence-corrected chi connectivity index (χ4v) is 1.09. The van der Waals surface area contributed by atoms with Crippen LogP contribution in [-0.2, 0) is 11.8 Å². The highest BCUT2D eigenvalue weighted by molar-refractivity contribution is 14.1. The Kier molecular flexibility index (Phi) is 2.48. The van der Waals surface area contributed by atoms with Gasteiger partial charge < -0.3 is 5.32 Å². The molecule has 0 aliphatic heterocycles. The van der Waals surface area contributed by atoms with E-state index < -0.39 is 0 Å². The molecular formula is C6H8IN3O. The van der Waals surface area contributed by atoms with Crippen molar-refractivity contribution in [2.24, 2.45) is 7.05 Å². The van der Waals surface area contributed by atoms with Gasteiger partial charge in [-0.3, -0.25) is 9.48 Å². The van der Waals surface area contributed by atoms with Crippen molar-refractivity contribution in [3.8, 4) is 0 Å². The van der Waals surface area contributed by atoms with Crippen LogP contribution in [0, 0.1) is 3.70 Å². The molecule has 1 rings (SSSR count). The summed E-state index contributed by atoms with van der Waals surface area (Å²) in [5.41, 5.74) is 0.764. The van der Waals surface area contributed by atoms with Crippen molar-refractivity contribution >= 4 is 34.2 Å². The summed E-state index contributed by atoms with van der Waals surface area (Å²) >= 11 is 2.12. The van der Waals surface area contributed by atoms with Crippen molar-refractivity contribution in [2.45, 2.75) is 6.92 Å². The summed E-state index contributed by atoms with van der Waals surface area (Å²) in [6, 6.07) is 0.